The molecule has 0 saturated carbocycles. The minimum atomic E-state index is -0.0216. The van der Waals surface area contributed by atoms with Gasteiger partial charge in [0.15, 0.2) is 0 Å². The molecule has 1 amide bonds. The summed E-state index contributed by atoms with van der Waals surface area (Å²) in [5, 5.41) is 5.00. The van der Waals surface area contributed by atoms with Crippen LogP contribution in [0.2, 0.25) is 0 Å². The molecule has 1 heterocycles. The summed E-state index contributed by atoms with van der Waals surface area (Å²) in [5.41, 5.74) is 1.54. The molecule has 1 radical (unpaired) electrons. The molecule has 4 heteroatoms. The summed E-state index contributed by atoms with van der Waals surface area (Å²) in [5.74, 6) is -0.0216. The number of amides is 1. The zero-order valence-corrected chi connectivity index (χ0v) is 12.2. The highest BCUT2D eigenvalue weighted by Gasteiger charge is 2.04. The van der Waals surface area contributed by atoms with Crippen LogP contribution < -0.4 is 5.32 Å². The van der Waals surface area contributed by atoms with Crippen LogP contribution >= 0.6 is 23.7 Å². The van der Waals surface area contributed by atoms with E-state index in [1.807, 2.05) is 18.2 Å². The summed E-state index contributed by atoms with van der Waals surface area (Å²) in [6.45, 7) is 4.52. The van der Waals surface area contributed by atoms with E-state index in [9.17, 15) is 4.79 Å². The molecule has 0 aliphatic rings. The summed E-state index contributed by atoms with van der Waals surface area (Å²) in [6.07, 6.45) is 1.99. The Kier molecular flexibility index (Phi) is 6.60. The second-order valence-corrected chi connectivity index (χ2v) is 5.17. The molecule has 2 nitrogen and oxygen atoms in total. The van der Waals surface area contributed by atoms with Crippen molar-refractivity contribution in [3.8, 4) is 0 Å². The normalized spacial score (nSPS) is 9.74. The number of carbonyl (C=O) groups excluding carboxylic acids is 1. The van der Waals surface area contributed by atoms with E-state index in [4.69, 9.17) is 0 Å². The molecule has 0 aliphatic heterocycles. The van der Waals surface area contributed by atoms with Crippen LogP contribution in [0.3, 0.4) is 0 Å². The van der Waals surface area contributed by atoms with E-state index in [1.165, 1.54) is 4.88 Å². The van der Waals surface area contributed by atoms with Crippen molar-refractivity contribution in [2.45, 2.75) is 12.8 Å². The molecule has 0 aliphatic carbocycles. The second-order valence-electron chi connectivity index (χ2n) is 4.14. The molecule has 1 N–H and O–H groups in total. The lowest BCUT2D eigenvalue weighted by atomic mass is 10.1. The topological polar surface area (TPSA) is 29.1 Å². The van der Waals surface area contributed by atoms with Gasteiger partial charge in [-0.15, -0.1) is 23.7 Å². The summed E-state index contributed by atoms with van der Waals surface area (Å²) < 4.78 is 0. The third-order valence-electron chi connectivity index (χ3n) is 2.65. The average molecular weight is 295 g/mol. The van der Waals surface area contributed by atoms with E-state index < -0.39 is 0 Å². The van der Waals surface area contributed by atoms with Gasteiger partial charge >= 0.3 is 0 Å². The van der Waals surface area contributed by atoms with E-state index in [0.29, 0.717) is 12.1 Å². The monoisotopic (exact) mass is 294 g/mol. The van der Waals surface area contributed by atoms with Gasteiger partial charge in [-0.3, -0.25) is 4.79 Å². The number of aryl methyl sites for hydroxylation is 1. The minimum absolute atomic E-state index is 0. The smallest absolute Gasteiger partial charge is 0.251 e. The van der Waals surface area contributed by atoms with Crippen molar-refractivity contribution in [1.82, 2.24) is 5.32 Å². The number of benzene rings is 1. The van der Waals surface area contributed by atoms with E-state index in [-0.39, 0.29) is 18.3 Å². The van der Waals surface area contributed by atoms with Crippen molar-refractivity contribution < 1.29 is 4.79 Å². The number of hydrogen-bond acceptors (Lipinski definition) is 2. The lowest BCUT2D eigenvalue weighted by Gasteiger charge is -2.05. The van der Waals surface area contributed by atoms with Gasteiger partial charge in [0.1, 0.15) is 0 Å². The standard InChI is InChI=1S/C15H16NOS.ClH/c1-12-5-2-6-13(11-12)15(17)16-9-3-7-14-8-4-10-18-14;/h2,4-6,8,10-11H,1,3,7,9H2,(H,16,17);1H. The molecule has 1 aromatic carbocycles. The molecule has 0 fully saturated rings. The van der Waals surface area contributed by atoms with E-state index in [2.05, 4.69) is 29.8 Å². The molecule has 0 saturated heterocycles. The number of hydrogen-bond donors (Lipinski definition) is 1. The Morgan fingerprint density at radius 1 is 1.26 bits per heavy atom. The molecule has 0 spiro atoms. The van der Waals surface area contributed by atoms with Crippen molar-refractivity contribution in [2.24, 2.45) is 0 Å². The molecule has 101 valence electrons. The molecule has 2 aromatic rings. The van der Waals surface area contributed by atoms with E-state index in [0.717, 1.165) is 18.4 Å². The van der Waals surface area contributed by atoms with Gasteiger partial charge in [0.2, 0.25) is 0 Å². The van der Waals surface area contributed by atoms with Crippen LogP contribution in [-0.2, 0) is 6.42 Å². The summed E-state index contributed by atoms with van der Waals surface area (Å²) in [4.78, 5) is 13.2. The van der Waals surface area contributed by atoms with E-state index in [1.54, 1.807) is 17.4 Å². The van der Waals surface area contributed by atoms with Crippen LogP contribution in [0.1, 0.15) is 27.2 Å². The van der Waals surface area contributed by atoms with Crippen LogP contribution in [0.5, 0.6) is 0 Å². The Balaban J connectivity index is 0.00000180. The maximum atomic E-state index is 11.8. The minimum Gasteiger partial charge on any atom is -0.352 e. The van der Waals surface area contributed by atoms with Gasteiger partial charge in [-0.05, 0) is 48.9 Å². The van der Waals surface area contributed by atoms with Crippen LogP contribution in [0.25, 0.3) is 0 Å². The van der Waals surface area contributed by atoms with Gasteiger partial charge in [-0.25, -0.2) is 0 Å². The molecule has 2 rings (SSSR count). The highest BCUT2D eigenvalue weighted by molar-refractivity contribution is 7.09. The fourth-order valence-corrected chi connectivity index (χ4v) is 2.49. The molecule has 0 unspecified atom stereocenters. The third kappa shape index (κ3) is 5.05. The highest BCUT2D eigenvalue weighted by atomic mass is 35.5. The molecule has 19 heavy (non-hydrogen) atoms. The first-order chi connectivity index (χ1) is 8.75. The Bertz CT molecular complexity index is 511. The number of thiophene rings is 1. The van der Waals surface area contributed by atoms with Crippen LogP contribution in [0.4, 0.5) is 0 Å². The van der Waals surface area contributed by atoms with Crippen molar-refractivity contribution >= 4 is 29.7 Å². The molecular formula is C15H17ClNOS. The number of rotatable bonds is 5. The first kappa shape index (κ1) is 15.7. The van der Waals surface area contributed by atoms with Gasteiger partial charge in [0, 0.05) is 17.0 Å². The lowest BCUT2D eigenvalue weighted by molar-refractivity contribution is 0.0953. The van der Waals surface area contributed by atoms with Crippen LogP contribution in [0, 0.1) is 6.92 Å². The largest absolute Gasteiger partial charge is 0.352 e. The van der Waals surface area contributed by atoms with Gasteiger partial charge in [-0.1, -0.05) is 18.2 Å². The van der Waals surface area contributed by atoms with Gasteiger partial charge in [-0.2, -0.15) is 0 Å². The maximum absolute atomic E-state index is 11.8. The summed E-state index contributed by atoms with van der Waals surface area (Å²) in [6, 6.07) is 11.5. The molecule has 0 atom stereocenters. The quantitative estimate of drug-likeness (QED) is 0.837. The Hall–Kier alpha value is -1.32. The zero-order chi connectivity index (χ0) is 12.8. The fraction of sp³-hybridized carbons (Fsp3) is 0.200. The van der Waals surface area contributed by atoms with Crippen molar-refractivity contribution in [3.05, 3.63) is 64.7 Å². The molecular weight excluding hydrogens is 278 g/mol. The Labute approximate surface area is 124 Å². The summed E-state index contributed by atoms with van der Waals surface area (Å²) >= 11 is 1.76. The van der Waals surface area contributed by atoms with Crippen molar-refractivity contribution in [2.75, 3.05) is 6.54 Å². The van der Waals surface area contributed by atoms with Crippen molar-refractivity contribution in [3.63, 3.8) is 0 Å². The van der Waals surface area contributed by atoms with Crippen LogP contribution in [0.15, 0.2) is 41.8 Å². The number of halogens is 1. The van der Waals surface area contributed by atoms with Crippen molar-refractivity contribution in [1.29, 1.82) is 0 Å². The predicted octanol–water partition coefficient (Wildman–Crippen LogP) is 3.71. The SMILES string of the molecule is Cl.[CH2]c1cccc(C(=O)NCCCc2cccs2)c1. The summed E-state index contributed by atoms with van der Waals surface area (Å²) in [7, 11) is 0. The van der Waals surface area contributed by atoms with E-state index >= 15 is 0 Å². The second kappa shape index (κ2) is 7.97. The zero-order valence-electron chi connectivity index (χ0n) is 10.6. The molecule has 0 bridgehead atoms. The van der Waals surface area contributed by atoms with Gasteiger partial charge in [0.25, 0.3) is 5.91 Å². The number of carbonyl (C=O) groups is 1. The Morgan fingerprint density at radius 2 is 2.11 bits per heavy atom. The number of nitrogens with one attached hydrogen (secondary N) is 1. The first-order valence-electron chi connectivity index (χ1n) is 5.98. The third-order valence-corrected chi connectivity index (χ3v) is 3.59. The predicted molar refractivity (Wildman–Crippen MR) is 83.1 cm³/mol. The molecule has 1 aromatic heterocycles. The highest BCUT2D eigenvalue weighted by Crippen LogP contribution is 2.10. The van der Waals surface area contributed by atoms with Gasteiger partial charge in [0.05, 0.1) is 0 Å². The maximum Gasteiger partial charge on any atom is 0.251 e. The lowest BCUT2D eigenvalue weighted by Crippen LogP contribution is -2.24. The Morgan fingerprint density at radius 3 is 2.79 bits per heavy atom. The van der Waals surface area contributed by atoms with Crippen LogP contribution in [-0.4, -0.2) is 12.5 Å². The van der Waals surface area contributed by atoms with Gasteiger partial charge < -0.3 is 5.32 Å². The average Bonchev–Trinajstić information content (AvgIpc) is 2.87. The first-order valence-corrected chi connectivity index (χ1v) is 6.86. The fourth-order valence-electron chi connectivity index (χ4n) is 1.73.